The van der Waals surface area contributed by atoms with E-state index in [-0.39, 0.29) is 11.4 Å². The molecule has 5 heteroatoms. The fourth-order valence-corrected chi connectivity index (χ4v) is 2.10. The SMILES string of the molecule is C=C/C(OCc1ccccc1)=C(\C=C/C)Oc1ccccc1[N+](=O)[O-].CC.CC. The van der Waals surface area contributed by atoms with Gasteiger partial charge in [0.2, 0.25) is 5.75 Å². The van der Waals surface area contributed by atoms with Crippen LogP contribution in [0.2, 0.25) is 0 Å². The largest absolute Gasteiger partial charge is 0.485 e. The maximum Gasteiger partial charge on any atom is 0.311 e. The standard InChI is InChI=1S/C20H19NO4.2C2H6/c1-3-10-20(25-19-14-9-8-13-17(19)21(22)23)18(4-2)24-15-16-11-6-5-7-12-16;2*1-2/h3-14H,2,15H2,1H3;2*1-2H3/b10-3-,20-18-;;. The van der Waals surface area contributed by atoms with Crippen LogP contribution in [0.5, 0.6) is 5.75 Å². The molecule has 0 saturated carbocycles. The minimum Gasteiger partial charge on any atom is -0.485 e. The molecule has 0 N–H and O–H groups in total. The Balaban J connectivity index is 0.00000184. The van der Waals surface area contributed by atoms with Gasteiger partial charge in [0.05, 0.1) is 4.92 Å². The molecule has 2 aromatic carbocycles. The van der Waals surface area contributed by atoms with Gasteiger partial charge in [0, 0.05) is 6.07 Å². The first-order chi connectivity index (χ1) is 14.2. The predicted octanol–water partition coefficient (Wildman–Crippen LogP) is 7.22. The van der Waals surface area contributed by atoms with Crippen molar-refractivity contribution in [2.24, 2.45) is 0 Å². The monoisotopic (exact) mass is 397 g/mol. The quantitative estimate of drug-likeness (QED) is 0.204. The lowest BCUT2D eigenvalue weighted by atomic mass is 10.2. The summed E-state index contributed by atoms with van der Waals surface area (Å²) in [6, 6.07) is 15.9. The third kappa shape index (κ3) is 8.93. The second-order valence-electron chi connectivity index (χ2n) is 5.03. The van der Waals surface area contributed by atoms with E-state index in [0.29, 0.717) is 18.1 Å². The zero-order valence-electron chi connectivity index (χ0n) is 17.9. The van der Waals surface area contributed by atoms with Crippen molar-refractivity contribution in [1.29, 1.82) is 0 Å². The van der Waals surface area contributed by atoms with E-state index in [4.69, 9.17) is 9.47 Å². The molecule has 5 nitrogen and oxygen atoms in total. The third-order valence-electron chi connectivity index (χ3n) is 3.27. The van der Waals surface area contributed by atoms with Crippen molar-refractivity contribution >= 4 is 5.69 Å². The molecule has 0 amide bonds. The van der Waals surface area contributed by atoms with Crippen LogP contribution in [0.25, 0.3) is 0 Å². The zero-order valence-corrected chi connectivity index (χ0v) is 17.9. The summed E-state index contributed by atoms with van der Waals surface area (Å²) < 4.78 is 11.5. The highest BCUT2D eigenvalue weighted by atomic mass is 16.6. The Morgan fingerprint density at radius 2 is 1.59 bits per heavy atom. The number of nitro groups is 1. The van der Waals surface area contributed by atoms with E-state index < -0.39 is 4.92 Å². The summed E-state index contributed by atoms with van der Waals surface area (Å²) in [6.07, 6.45) is 4.96. The van der Waals surface area contributed by atoms with Crippen LogP contribution in [-0.4, -0.2) is 4.92 Å². The van der Waals surface area contributed by atoms with Gasteiger partial charge in [-0.2, -0.15) is 0 Å². The first-order valence-electron chi connectivity index (χ1n) is 9.73. The number of nitro benzene ring substituents is 1. The van der Waals surface area contributed by atoms with Crippen molar-refractivity contribution in [3.63, 3.8) is 0 Å². The minimum absolute atomic E-state index is 0.115. The number of para-hydroxylation sites is 2. The molecule has 0 aliphatic carbocycles. The highest BCUT2D eigenvalue weighted by Gasteiger charge is 2.16. The van der Waals surface area contributed by atoms with Gasteiger partial charge in [-0.05, 0) is 30.7 Å². The molecule has 0 bridgehead atoms. The Morgan fingerprint density at radius 1 is 1.00 bits per heavy atom. The van der Waals surface area contributed by atoms with Crippen molar-refractivity contribution in [2.75, 3.05) is 0 Å². The summed E-state index contributed by atoms with van der Waals surface area (Å²) in [5.74, 6) is 0.895. The second kappa shape index (κ2) is 15.7. The summed E-state index contributed by atoms with van der Waals surface area (Å²) in [6.45, 7) is 13.9. The number of ether oxygens (including phenoxy) is 2. The van der Waals surface area contributed by atoms with E-state index in [1.807, 2.05) is 65.0 Å². The smallest absolute Gasteiger partial charge is 0.311 e. The number of hydrogen-bond acceptors (Lipinski definition) is 4. The van der Waals surface area contributed by atoms with E-state index in [1.165, 1.54) is 12.1 Å². The van der Waals surface area contributed by atoms with Crippen LogP contribution in [0.4, 0.5) is 5.69 Å². The molecule has 0 unspecified atom stereocenters. The molecule has 29 heavy (non-hydrogen) atoms. The van der Waals surface area contributed by atoms with Gasteiger partial charge in [-0.1, -0.05) is 82.8 Å². The van der Waals surface area contributed by atoms with E-state index in [0.717, 1.165) is 5.56 Å². The van der Waals surface area contributed by atoms with Crippen LogP contribution in [0.3, 0.4) is 0 Å². The molecule has 0 aliphatic rings. The van der Waals surface area contributed by atoms with Crippen molar-refractivity contribution in [1.82, 2.24) is 0 Å². The Hall–Kier alpha value is -3.34. The van der Waals surface area contributed by atoms with Crippen LogP contribution in [0.15, 0.2) is 90.9 Å². The van der Waals surface area contributed by atoms with Crippen molar-refractivity contribution in [3.8, 4) is 5.75 Å². The molecule has 2 aromatic rings. The van der Waals surface area contributed by atoms with Gasteiger partial charge in [-0.15, -0.1) is 0 Å². The maximum absolute atomic E-state index is 11.2. The normalized spacial score (nSPS) is 10.5. The summed E-state index contributed by atoms with van der Waals surface area (Å²) in [4.78, 5) is 10.7. The van der Waals surface area contributed by atoms with Gasteiger partial charge in [0.25, 0.3) is 0 Å². The van der Waals surface area contributed by atoms with E-state index in [9.17, 15) is 10.1 Å². The number of nitrogens with zero attached hydrogens (tertiary/aromatic N) is 1. The maximum atomic E-state index is 11.2. The van der Waals surface area contributed by atoms with Crippen LogP contribution >= 0.6 is 0 Å². The Labute approximate surface area is 174 Å². The van der Waals surface area contributed by atoms with Gasteiger partial charge in [0.15, 0.2) is 11.5 Å². The topological polar surface area (TPSA) is 61.6 Å². The lowest BCUT2D eigenvalue weighted by molar-refractivity contribution is -0.385. The Morgan fingerprint density at radius 3 is 2.14 bits per heavy atom. The van der Waals surface area contributed by atoms with Crippen molar-refractivity contribution in [3.05, 3.63) is 107 Å². The number of rotatable bonds is 8. The van der Waals surface area contributed by atoms with Gasteiger partial charge in [0.1, 0.15) is 6.61 Å². The first-order valence-corrected chi connectivity index (χ1v) is 9.73. The Bertz CT molecular complexity index is 796. The van der Waals surface area contributed by atoms with Crippen LogP contribution < -0.4 is 4.74 Å². The van der Waals surface area contributed by atoms with Crippen LogP contribution in [0.1, 0.15) is 40.2 Å². The first kappa shape index (κ1) is 25.7. The van der Waals surface area contributed by atoms with Gasteiger partial charge in [-0.3, -0.25) is 10.1 Å². The number of benzene rings is 2. The summed E-state index contributed by atoms with van der Waals surface area (Å²) in [7, 11) is 0. The van der Waals surface area contributed by atoms with Gasteiger partial charge >= 0.3 is 5.69 Å². The molecule has 2 rings (SSSR count). The summed E-state index contributed by atoms with van der Waals surface area (Å²) >= 11 is 0. The molecule has 156 valence electrons. The van der Waals surface area contributed by atoms with Gasteiger partial charge in [-0.25, -0.2) is 0 Å². The molecule has 0 saturated heterocycles. The molecule has 0 atom stereocenters. The highest BCUT2D eigenvalue weighted by Crippen LogP contribution is 2.29. The average Bonchev–Trinajstić information content (AvgIpc) is 2.78. The van der Waals surface area contributed by atoms with Crippen molar-refractivity contribution < 1.29 is 14.4 Å². The predicted molar refractivity (Wildman–Crippen MR) is 120 cm³/mol. The number of allylic oxidation sites excluding steroid dienone is 3. The fourth-order valence-electron chi connectivity index (χ4n) is 2.10. The van der Waals surface area contributed by atoms with Crippen molar-refractivity contribution in [2.45, 2.75) is 41.2 Å². The molecule has 0 heterocycles. The number of hydrogen-bond donors (Lipinski definition) is 0. The zero-order chi connectivity index (χ0) is 22.1. The molecule has 0 aliphatic heterocycles. The summed E-state index contributed by atoms with van der Waals surface area (Å²) in [5.41, 5.74) is 0.878. The molecular formula is C24H31NO4. The second-order valence-corrected chi connectivity index (χ2v) is 5.03. The molecule has 0 radical (unpaired) electrons. The average molecular weight is 398 g/mol. The molecular weight excluding hydrogens is 366 g/mol. The highest BCUT2D eigenvalue weighted by molar-refractivity contribution is 5.47. The lowest BCUT2D eigenvalue weighted by Crippen LogP contribution is -2.03. The molecule has 0 spiro atoms. The third-order valence-corrected chi connectivity index (χ3v) is 3.27. The fraction of sp³-hybridized carbons (Fsp3) is 0.250. The van der Waals surface area contributed by atoms with Crippen LogP contribution in [0, 0.1) is 10.1 Å². The van der Waals surface area contributed by atoms with E-state index in [2.05, 4.69) is 6.58 Å². The Kier molecular flexibility index (Phi) is 13.9. The minimum atomic E-state index is -0.485. The van der Waals surface area contributed by atoms with Crippen LogP contribution in [-0.2, 0) is 11.3 Å². The molecule has 0 aromatic heterocycles. The van der Waals surface area contributed by atoms with Gasteiger partial charge < -0.3 is 9.47 Å². The van der Waals surface area contributed by atoms with E-state index in [1.54, 1.807) is 30.4 Å². The summed E-state index contributed by atoms with van der Waals surface area (Å²) in [5, 5.41) is 11.2. The lowest BCUT2D eigenvalue weighted by Gasteiger charge is -2.13. The van der Waals surface area contributed by atoms with E-state index >= 15 is 0 Å². The molecule has 0 fully saturated rings.